The Morgan fingerprint density at radius 3 is 2.11 bits per heavy atom. The van der Waals surface area contributed by atoms with Gasteiger partial charge in [0, 0.05) is 10.8 Å². The number of amides is 4. The summed E-state index contributed by atoms with van der Waals surface area (Å²) in [5.41, 5.74) is 2.52. The minimum atomic E-state index is -0.983. The molecule has 1 heterocycles. The fourth-order valence-corrected chi connectivity index (χ4v) is 4.82. The number of hydrazine groups is 1. The number of para-hydroxylation sites is 1. The number of carbonyl (C=O) groups is 4. The minimum Gasteiger partial charge on any atom is -0.496 e. The molecule has 150 valence electrons. The number of fused-ring (bicyclic) bond motifs is 2. The number of piperidine rings is 1. The van der Waals surface area contributed by atoms with Gasteiger partial charge in [-0.15, -0.1) is 0 Å². The Morgan fingerprint density at radius 2 is 1.54 bits per heavy atom. The van der Waals surface area contributed by atoms with Crippen molar-refractivity contribution in [3.05, 3.63) is 29.8 Å². The number of imide groups is 1. The van der Waals surface area contributed by atoms with Crippen molar-refractivity contribution in [3.63, 3.8) is 0 Å². The van der Waals surface area contributed by atoms with Crippen LogP contribution in [-0.2, 0) is 14.4 Å². The number of nitrogens with one attached hydrogen (secondary N) is 3. The first-order valence-corrected chi connectivity index (χ1v) is 9.13. The smallest absolute Gasteiger partial charge is 0.273 e. The molecule has 2 unspecified atom stereocenters. The zero-order valence-electron chi connectivity index (χ0n) is 16.5. The van der Waals surface area contributed by atoms with Gasteiger partial charge in [0.05, 0.1) is 18.1 Å². The maximum atomic E-state index is 12.9. The van der Waals surface area contributed by atoms with Crippen molar-refractivity contribution in [2.24, 2.45) is 16.2 Å². The van der Waals surface area contributed by atoms with Gasteiger partial charge in [-0.25, -0.2) is 0 Å². The molecule has 3 N–H and O–H groups in total. The lowest BCUT2D eigenvalue weighted by Gasteiger charge is -2.53. The Kier molecular flexibility index (Phi) is 4.69. The summed E-state index contributed by atoms with van der Waals surface area (Å²) in [6.45, 7) is 5.26. The van der Waals surface area contributed by atoms with E-state index in [-0.39, 0.29) is 30.2 Å². The van der Waals surface area contributed by atoms with Crippen LogP contribution in [0.1, 0.15) is 50.4 Å². The van der Waals surface area contributed by atoms with Crippen LogP contribution < -0.4 is 20.9 Å². The number of benzene rings is 1. The van der Waals surface area contributed by atoms with Gasteiger partial charge in [0.1, 0.15) is 5.75 Å². The molecule has 0 spiro atoms. The van der Waals surface area contributed by atoms with E-state index in [2.05, 4.69) is 16.2 Å². The van der Waals surface area contributed by atoms with E-state index < -0.39 is 28.1 Å². The normalized spacial score (nSPS) is 31.6. The molecule has 2 fully saturated rings. The van der Waals surface area contributed by atoms with E-state index in [0.29, 0.717) is 12.2 Å². The molecule has 1 aromatic rings. The molecule has 0 radical (unpaired) electrons. The van der Waals surface area contributed by atoms with Crippen molar-refractivity contribution in [2.45, 2.75) is 40.0 Å². The van der Waals surface area contributed by atoms with Crippen molar-refractivity contribution in [1.82, 2.24) is 16.2 Å². The topological polar surface area (TPSA) is 114 Å². The van der Waals surface area contributed by atoms with Crippen LogP contribution in [0.4, 0.5) is 0 Å². The second-order valence-corrected chi connectivity index (χ2v) is 8.60. The summed E-state index contributed by atoms with van der Waals surface area (Å²) in [7, 11) is 1.45. The molecule has 1 saturated carbocycles. The maximum absolute atomic E-state index is 12.9. The largest absolute Gasteiger partial charge is 0.496 e. The van der Waals surface area contributed by atoms with Gasteiger partial charge in [-0.1, -0.05) is 32.9 Å². The van der Waals surface area contributed by atoms with E-state index in [9.17, 15) is 19.2 Å². The number of carbonyl (C=O) groups excluding carboxylic acids is 4. The first-order chi connectivity index (χ1) is 13.0. The third-order valence-corrected chi connectivity index (χ3v) is 5.85. The summed E-state index contributed by atoms with van der Waals surface area (Å²) >= 11 is 0. The van der Waals surface area contributed by atoms with Gasteiger partial charge in [0.25, 0.3) is 5.91 Å². The van der Waals surface area contributed by atoms with E-state index in [1.807, 2.05) is 0 Å². The molecular weight excluding hydrogens is 362 g/mol. The number of hydrogen-bond donors (Lipinski definition) is 3. The summed E-state index contributed by atoms with van der Waals surface area (Å²) in [6.07, 6.45) is 0.969. The maximum Gasteiger partial charge on any atom is 0.273 e. The molecule has 8 nitrogen and oxygen atoms in total. The highest BCUT2D eigenvalue weighted by Crippen LogP contribution is 2.56. The van der Waals surface area contributed by atoms with Gasteiger partial charge in [0.2, 0.25) is 17.7 Å². The molecule has 1 saturated heterocycles. The van der Waals surface area contributed by atoms with Crippen LogP contribution >= 0.6 is 0 Å². The first-order valence-electron chi connectivity index (χ1n) is 9.13. The van der Waals surface area contributed by atoms with Crippen molar-refractivity contribution < 1.29 is 23.9 Å². The molecule has 28 heavy (non-hydrogen) atoms. The highest BCUT2D eigenvalue weighted by Gasteiger charge is 2.60. The van der Waals surface area contributed by atoms with E-state index >= 15 is 0 Å². The Bertz CT molecular complexity index is 839. The van der Waals surface area contributed by atoms with Crippen LogP contribution in [0.2, 0.25) is 0 Å². The molecule has 4 amide bonds. The van der Waals surface area contributed by atoms with Crippen LogP contribution in [0.5, 0.6) is 5.75 Å². The predicted octanol–water partition coefficient (Wildman–Crippen LogP) is 1.32. The minimum absolute atomic E-state index is 0.282. The van der Waals surface area contributed by atoms with Gasteiger partial charge in [-0.3, -0.25) is 35.3 Å². The average molecular weight is 387 g/mol. The molecular formula is C20H25N3O5. The monoisotopic (exact) mass is 387 g/mol. The number of methoxy groups -OCH3 is 1. The molecule has 1 aliphatic carbocycles. The number of ether oxygens (including phenoxy) is 1. The summed E-state index contributed by atoms with van der Waals surface area (Å²) in [6, 6.07) is 6.65. The van der Waals surface area contributed by atoms with Gasteiger partial charge in [-0.05, 0) is 31.4 Å². The van der Waals surface area contributed by atoms with Crippen LogP contribution in [0, 0.1) is 16.2 Å². The van der Waals surface area contributed by atoms with Crippen molar-refractivity contribution in [1.29, 1.82) is 0 Å². The Balaban J connectivity index is 1.76. The lowest BCUT2D eigenvalue weighted by Crippen LogP contribution is -2.64. The van der Waals surface area contributed by atoms with Crippen LogP contribution in [0.25, 0.3) is 0 Å². The Labute approximate surface area is 163 Å². The van der Waals surface area contributed by atoms with Gasteiger partial charge >= 0.3 is 0 Å². The average Bonchev–Trinajstić information content (AvgIpc) is 2.63. The molecule has 3 rings (SSSR count). The first kappa shape index (κ1) is 19.9. The molecule has 8 heteroatoms. The second kappa shape index (κ2) is 6.61. The lowest BCUT2D eigenvalue weighted by molar-refractivity contribution is -0.164. The van der Waals surface area contributed by atoms with Crippen molar-refractivity contribution >= 4 is 23.6 Å². The summed E-state index contributed by atoms with van der Waals surface area (Å²) in [4.78, 5) is 50.1. The van der Waals surface area contributed by atoms with Crippen molar-refractivity contribution in [2.75, 3.05) is 7.11 Å². The number of hydrogen-bond acceptors (Lipinski definition) is 5. The Hall–Kier alpha value is -2.90. The molecule has 2 aliphatic rings. The summed E-state index contributed by atoms with van der Waals surface area (Å²) in [5, 5.41) is 2.43. The van der Waals surface area contributed by atoms with Gasteiger partial charge in [0.15, 0.2) is 0 Å². The second-order valence-electron chi connectivity index (χ2n) is 8.60. The quantitative estimate of drug-likeness (QED) is 0.535. The summed E-state index contributed by atoms with van der Waals surface area (Å²) < 4.78 is 5.15. The Morgan fingerprint density at radius 1 is 0.964 bits per heavy atom. The van der Waals surface area contributed by atoms with E-state index in [1.54, 1.807) is 45.0 Å². The zero-order valence-corrected chi connectivity index (χ0v) is 16.5. The molecule has 2 bridgehead atoms. The van der Waals surface area contributed by atoms with Crippen molar-refractivity contribution in [3.8, 4) is 5.75 Å². The van der Waals surface area contributed by atoms with Crippen LogP contribution in [0.15, 0.2) is 24.3 Å². The van der Waals surface area contributed by atoms with E-state index in [1.165, 1.54) is 7.11 Å². The van der Waals surface area contributed by atoms with Crippen LogP contribution in [-0.4, -0.2) is 30.7 Å². The fraction of sp³-hybridized carbons (Fsp3) is 0.500. The van der Waals surface area contributed by atoms with E-state index in [0.717, 1.165) is 0 Å². The third-order valence-electron chi connectivity index (χ3n) is 5.85. The molecule has 1 aromatic carbocycles. The molecule has 2 atom stereocenters. The standard InChI is InChI=1S/C20H25N3O5/c1-18-9-19(2,16(26)21-15(18)25)11-20(3,10-18)17(27)23-22-14(24)12-7-5-6-8-13(12)28-4/h5-8H,9-11H2,1-4H3,(H,22,24)(H,23,27)(H,21,25,26). The summed E-state index contributed by atoms with van der Waals surface area (Å²) in [5.74, 6) is -1.28. The van der Waals surface area contributed by atoms with E-state index in [4.69, 9.17) is 4.74 Å². The van der Waals surface area contributed by atoms with Gasteiger partial charge < -0.3 is 4.74 Å². The molecule has 1 aliphatic heterocycles. The number of rotatable bonds is 3. The highest BCUT2D eigenvalue weighted by atomic mass is 16.5. The fourth-order valence-electron chi connectivity index (χ4n) is 4.82. The highest BCUT2D eigenvalue weighted by molar-refractivity contribution is 6.04. The SMILES string of the molecule is COc1ccccc1C(=O)NNC(=O)C1(C)CC2(C)CC(C)(C1)C(=O)NC2=O. The van der Waals surface area contributed by atoms with Gasteiger partial charge in [-0.2, -0.15) is 0 Å². The van der Waals surface area contributed by atoms with Crippen LogP contribution in [0.3, 0.4) is 0 Å². The lowest BCUT2D eigenvalue weighted by atomic mass is 9.52. The zero-order chi connectivity index (χ0) is 20.7. The predicted molar refractivity (Wildman–Crippen MR) is 99.9 cm³/mol. The third kappa shape index (κ3) is 3.23. The molecule has 0 aromatic heterocycles.